The average molecular weight is 459 g/mol. The Balaban J connectivity index is 1.51. The number of amides is 1. The zero-order valence-corrected chi connectivity index (χ0v) is 18.1. The number of carbonyl (C=O) groups excluding carboxylic acids is 2. The predicted molar refractivity (Wildman–Crippen MR) is 126 cm³/mol. The lowest BCUT2D eigenvalue weighted by molar-refractivity contribution is 0.102. The summed E-state index contributed by atoms with van der Waals surface area (Å²) in [5.41, 5.74) is 2.75. The Morgan fingerprint density at radius 3 is 2.59 bits per heavy atom. The Kier molecular flexibility index (Phi) is 5.26. The molecule has 1 amide bonds. The fourth-order valence-electron chi connectivity index (χ4n) is 3.41. The molecule has 0 saturated carbocycles. The summed E-state index contributed by atoms with van der Waals surface area (Å²) in [5, 5.41) is 9.58. The predicted octanol–water partition coefficient (Wildman–Crippen LogP) is 5.59. The van der Waals surface area contributed by atoms with E-state index in [-0.39, 0.29) is 5.78 Å². The van der Waals surface area contributed by atoms with Crippen molar-refractivity contribution < 1.29 is 9.59 Å². The molecule has 0 unspecified atom stereocenters. The lowest BCUT2D eigenvalue weighted by Gasteiger charge is -2.11. The molecular formula is C24H15ClN4O2S. The number of benzene rings is 2. The van der Waals surface area contributed by atoms with Crippen LogP contribution in [-0.2, 0) is 0 Å². The van der Waals surface area contributed by atoms with Crippen molar-refractivity contribution in [3.8, 4) is 10.6 Å². The molecule has 0 aliphatic rings. The summed E-state index contributed by atoms with van der Waals surface area (Å²) in [6.45, 7) is 0. The minimum absolute atomic E-state index is 0.235. The molecule has 0 atom stereocenters. The number of hydrogen-bond donors (Lipinski definition) is 1. The van der Waals surface area contributed by atoms with Crippen molar-refractivity contribution in [3.05, 3.63) is 106 Å². The first-order chi connectivity index (χ1) is 15.6. The zero-order chi connectivity index (χ0) is 22.1. The van der Waals surface area contributed by atoms with Crippen LogP contribution in [0.15, 0.2) is 84.5 Å². The van der Waals surface area contributed by atoms with E-state index in [0.717, 1.165) is 10.6 Å². The van der Waals surface area contributed by atoms with Crippen LogP contribution in [0, 0.1) is 0 Å². The molecule has 6 nitrogen and oxygen atoms in total. The Bertz CT molecular complexity index is 1450. The SMILES string of the molecule is O=C(c1ccccc1)c1cc(Cl)ccc1NC(=O)c1cnn2c(-c3cccs3)ccnc12. The number of thiophene rings is 1. The van der Waals surface area contributed by atoms with Gasteiger partial charge in [0.15, 0.2) is 11.4 Å². The first-order valence-electron chi connectivity index (χ1n) is 9.69. The van der Waals surface area contributed by atoms with E-state index in [0.29, 0.717) is 33.0 Å². The summed E-state index contributed by atoms with van der Waals surface area (Å²) >= 11 is 7.72. The molecule has 3 heterocycles. The molecule has 0 saturated heterocycles. The number of nitrogens with one attached hydrogen (secondary N) is 1. The highest BCUT2D eigenvalue weighted by molar-refractivity contribution is 7.13. The number of aromatic nitrogens is 3. The van der Waals surface area contributed by atoms with Crippen molar-refractivity contribution in [1.29, 1.82) is 0 Å². The fraction of sp³-hybridized carbons (Fsp3) is 0. The molecule has 0 fully saturated rings. The van der Waals surface area contributed by atoms with E-state index in [9.17, 15) is 9.59 Å². The molecule has 32 heavy (non-hydrogen) atoms. The summed E-state index contributed by atoms with van der Waals surface area (Å²) in [7, 11) is 0. The van der Waals surface area contributed by atoms with Crippen LogP contribution in [-0.4, -0.2) is 26.3 Å². The first kappa shape index (κ1) is 20.1. The van der Waals surface area contributed by atoms with Crippen molar-refractivity contribution in [1.82, 2.24) is 14.6 Å². The zero-order valence-electron chi connectivity index (χ0n) is 16.5. The maximum atomic E-state index is 13.1. The molecule has 0 radical (unpaired) electrons. The van der Waals surface area contributed by atoms with E-state index in [1.54, 1.807) is 64.5 Å². The normalized spacial score (nSPS) is 10.9. The van der Waals surface area contributed by atoms with Gasteiger partial charge >= 0.3 is 0 Å². The van der Waals surface area contributed by atoms with Crippen LogP contribution in [0.2, 0.25) is 5.02 Å². The molecule has 0 bridgehead atoms. The van der Waals surface area contributed by atoms with Gasteiger partial charge in [-0.1, -0.05) is 48.0 Å². The van der Waals surface area contributed by atoms with Gasteiger partial charge in [-0.15, -0.1) is 11.3 Å². The summed E-state index contributed by atoms with van der Waals surface area (Å²) in [6.07, 6.45) is 3.12. The minimum Gasteiger partial charge on any atom is -0.321 e. The first-order valence-corrected chi connectivity index (χ1v) is 10.9. The topological polar surface area (TPSA) is 76.4 Å². The van der Waals surface area contributed by atoms with Crippen LogP contribution in [0.3, 0.4) is 0 Å². The molecular weight excluding hydrogens is 444 g/mol. The maximum absolute atomic E-state index is 13.1. The van der Waals surface area contributed by atoms with Gasteiger partial charge < -0.3 is 5.32 Å². The molecule has 156 valence electrons. The van der Waals surface area contributed by atoms with Crippen LogP contribution in [0.4, 0.5) is 5.69 Å². The molecule has 1 N–H and O–H groups in total. The summed E-state index contributed by atoms with van der Waals surface area (Å²) in [4.78, 5) is 31.5. The third-order valence-corrected chi connectivity index (χ3v) is 6.06. The van der Waals surface area contributed by atoms with Gasteiger partial charge in [0.2, 0.25) is 0 Å². The van der Waals surface area contributed by atoms with E-state index < -0.39 is 5.91 Å². The van der Waals surface area contributed by atoms with Gasteiger partial charge in [0.25, 0.3) is 5.91 Å². The number of anilines is 1. The van der Waals surface area contributed by atoms with Crippen LogP contribution in [0.1, 0.15) is 26.3 Å². The number of carbonyl (C=O) groups is 2. The van der Waals surface area contributed by atoms with Gasteiger partial charge in [0, 0.05) is 22.3 Å². The third kappa shape index (κ3) is 3.68. The summed E-state index contributed by atoms with van der Waals surface area (Å²) in [5.74, 6) is -0.651. The lowest BCUT2D eigenvalue weighted by Crippen LogP contribution is -2.15. The van der Waals surface area contributed by atoms with E-state index in [2.05, 4.69) is 15.4 Å². The highest BCUT2D eigenvalue weighted by atomic mass is 35.5. The number of hydrogen-bond acceptors (Lipinski definition) is 5. The standard InChI is InChI=1S/C24H15ClN4O2S/c25-16-8-9-19(17(13-16)22(30)15-5-2-1-3-6-15)28-24(31)18-14-27-29-20(10-11-26-23(18)29)21-7-4-12-32-21/h1-14H,(H,28,31). The van der Waals surface area contributed by atoms with Gasteiger partial charge in [-0.25, -0.2) is 9.50 Å². The number of nitrogens with zero attached hydrogens (tertiary/aromatic N) is 3. The van der Waals surface area contributed by atoms with Crippen molar-refractivity contribution >= 4 is 46.0 Å². The highest BCUT2D eigenvalue weighted by Gasteiger charge is 2.20. The Morgan fingerprint density at radius 1 is 0.969 bits per heavy atom. The van der Waals surface area contributed by atoms with Gasteiger partial charge in [0.05, 0.1) is 22.5 Å². The van der Waals surface area contributed by atoms with E-state index in [1.807, 2.05) is 29.6 Å². The van der Waals surface area contributed by atoms with E-state index in [1.165, 1.54) is 6.20 Å². The molecule has 5 rings (SSSR count). The molecule has 5 aromatic rings. The van der Waals surface area contributed by atoms with Gasteiger partial charge in [-0.2, -0.15) is 5.10 Å². The van der Waals surface area contributed by atoms with Crippen molar-refractivity contribution in [3.63, 3.8) is 0 Å². The van der Waals surface area contributed by atoms with Crippen molar-refractivity contribution in [2.75, 3.05) is 5.32 Å². The second-order valence-electron chi connectivity index (χ2n) is 6.94. The van der Waals surface area contributed by atoms with E-state index >= 15 is 0 Å². The second-order valence-corrected chi connectivity index (χ2v) is 8.32. The molecule has 0 aliphatic heterocycles. The highest BCUT2D eigenvalue weighted by Crippen LogP contribution is 2.27. The lowest BCUT2D eigenvalue weighted by atomic mass is 10.0. The quantitative estimate of drug-likeness (QED) is 0.348. The fourth-order valence-corrected chi connectivity index (χ4v) is 4.32. The molecule has 2 aromatic carbocycles. The smallest absolute Gasteiger partial charge is 0.261 e. The molecule has 8 heteroatoms. The Labute approximate surface area is 192 Å². The van der Waals surface area contributed by atoms with Crippen molar-refractivity contribution in [2.45, 2.75) is 0 Å². The average Bonchev–Trinajstić information content (AvgIpc) is 3.50. The Morgan fingerprint density at radius 2 is 1.81 bits per heavy atom. The van der Waals surface area contributed by atoms with Crippen LogP contribution in [0.25, 0.3) is 16.2 Å². The summed E-state index contributed by atoms with van der Waals surface area (Å²) < 4.78 is 1.64. The number of ketones is 1. The monoisotopic (exact) mass is 458 g/mol. The number of rotatable bonds is 5. The van der Waals surface area contributed by atoms with Crippen LogP contribution >= 0.6 is 22.9 Å². The maximum Gasteiger partial charge on any atom is 0.261 e. The molecule has 0 spiro atoms. The Hall–Kier alpha value is -3.81. The third-order valence-electron chi connectivity index (χ3n) is 4.93. The number of fused-ring (bicyclic) bond motifs is 1. The van der Waals surface area contributed by atoms with Crippen LogP contribution < -0.4 is 5.32 Å². The van der Waals surface area contributed by atoms with Crippen molar-refractivity contribution in [2.24, 2.45) is 0 Å². The summed E-state index contributed by atoms with van der Waals surface area (Å²) in [6, 6.07) is 19.4. The van der Waals surface area contributed by atoms with Gasteiger partial charge in [0.1, 0.15) is 5.56 Å². The largest absolute Gasteiger partial charge is 0.321 e. The molecule has 3 aromatic heterocycles. The minimum atomic E-state index is -0.416. The molecule has 0 aliphatic carbocycles. The number of halogens is 1. The van der Waals surface area contributed by atoms with Gasteiger partial charge in [-0.05, 0) is 35.7 Å². The van der Waals surface area contributed by atoms with E-state index in [4.69, 9.17) is 11.6 Å². The second kappa shape index (κ2) is 8.37. The van der Waals surface area contributed by atoms with Gasteiger partial charge in [-0.3, -0.25) is 9.59 Å². The van der Waals surface area contributed by atoms with Crippen LogP contribution in [0.5, 0.6) is 0 Å².